The zero-order chi connectivity index (χ0) is 11.7. The number of aromatic nitrogens is 2. The Morgan fingerprint density at radius 1 is 1.31 bits per heavy atom. The summed E-state index contributed by atoms with van der Waals surface area (Å²) < 4.78 is 0. The van der Waals surface area contributed by atoms with Gasteiger partial charge in [0.15, 0.2) is 0 Å². The normalized spacial score (nSPS) is 10.8. The summed E-state index contributed by atoms with van der Waals surface area (Å²) >= 11 is 11.8. The molecule has 2 rings (SSSR count). The van der Waals surface area contributed by atoms with Crippen molar-refractivity contribution < 1.29 is 0 Å². The average Bonchev–Trinajstić information content (AvgIpc) is 2.64. The number of H-pyrrole nitrogens is 1. The number of nitrogens with two attached hydrogens (primary N) is 1. The Morgan fingerprint density at radius 2 is 2.06 bits per heavy atom. The van der Waals surface area contributed by atoms with Gasteiger partial charge in [0.1, 0.15) is 5.82 Å². The summed E-state index contributed by atoms with van der Waals surface area (Å²) in [6.45, 7) is 2.34. The molecule has 0 aliphatic carbocycles. The summed E-state index contributed by atoms with van der Waals surface area (Å²) in [4.78, 5) is 7.50. The van der Waals surface area contributed by atoms with E-state index < -0.39 is 0 Å². The minimum Gasteiger partial charge on any atom is -0.344 e. The lowest BCUT2D eigenvalue weighted by molar-refractivity contribution is 0.944. The Morgan fingerprint density at radius 3 is 2.62 bits per heavy atom. The highest BCUT2D eigenvalue weighted by molar-refractivity contribution is 6.42. The lowest BCUT2D eigenvalue weighted by atomic mass is 10.1. The molecule has 0 saturated carbocycles. The SMILES string of the molecule is Cc1[nH]c(CN)nc1-c1ccc(Cl)c(Cl)c1. The molecule has 0 bridgehead atoms. The van der Waals surface area contributed by atoms with Gasteiger partial charge in [0, 0.05) is 11.3 Å². The smallest absolute Gasteiger partial charge is 0.120 e. The van der Waals surface area contributed by atoms with Crippen LogP contribution in [0.25, 0.3) is 11.3 Å². The van der Waals surface area contributed by atoms with Crippen molar-refractivity contribution in [3.63, 3.8) is 0 Å². The third-order valence-corrected chi connectivity index (χ3v) is 3.06. The number of aryl methyl sites for hydroxylation is 1. The molecule has 5 heteroatoms. The number of benzene rings is 1. The van der Waals surface area contributed by atoms with Crippen LogP contribution in [0.3, 0.4) is 0 Å². The predicted molar refractivity (Wildman–Crippen MR) is 66.7 cm³/mol. The summed E-state index contributed by atoms with van der Waals surface area (Å²) in [7, 11) is 0. The molecule has 2 aromatic rings. The Balaban J connectivity index is 2.49. The van der Waals surface area contributed by atoms with Gasteiger partial charge in [-0.3, -0.25) is 0 Å². The molecule has 3 N–H and O–H groups in total. The standard InChI is InChI=1S/C11H11Cl2N3/c1-6-11(16-10(5-14)15-6)7-2-3-8(12)9(13)4-7/h2-4H,5,14H2,1H3,(H,15,16). The number of nitrogens with one attached hydrogen (secondary N) is 1. The van der Waals surface area contributed by atoms with E-state index in [-0.39, 0.29) is 0 Å². The molecule has 0 spiro atoms. The fourth-order valence-electron chi connectivity index (χ4n) is 1.54. The van der Waals surface area contributed by atoms with Crippen molar-refractivity contribution in [2.24, 2.45) is 5.73 Å². The highest BCUT2D eigenvalue weighted by Gasteiger charge is 2.09. The van der Waals surface area contributed by atoms with E-state index in [1.807, 2.05) is 13.0 Å². The Labute approximate surface area is 104 Å². The van der Waals surface area contributed by atoms with Crippen LogP contribution in [0.1, 0.15) is 11.5 Å². The number of aromatic amines is 1. The van der Waals surface area contributed by atoms with Crippen molar-refractivity contribution in [3.8, 4) is 11.3 Å². The lowest BCUT2D eigenvalue weighted by Gasteiger charge is -2.00. The highest BCUT2D eigenvalue weighted by Crippen LogP contribution is 2.29. The fraction of sp³-hybridized carbons (Fsp3) is 0.182. The summed E-state index contributed by atoms with van der Waals surface area (Å²) in [5, 5.41) is 1.06. The number of nitrogens with zero attached hydrogens (tertiary/aromatic N) is 1. The van der Waals surface area contributed by atoms with E-state index in [9.17, 15) is 0 Å². The lowest BCUT2D eigenvalue weighted by Crippen LogP contribution is -1.97. The van der Waals surface area contributed by atoms with Gasteiger partial charge >= 0.3 is 0 Å². The molecule has 0 fully saturated rings. The van der Waals surface area contributed by atoms with E-state index in [0.717, 1.165) is 22.8 Å². The van der Waals surface area contributed by atoms with Gasteiger partial charge in [-0.1, -0.05) is 29.3 Å². The monoisotopic (exact) mass is 255 g/mol. The number of halogens is 2. The molecule has 0 radical (unpaired) electrons. The van der Waals surface area contributed by atoms with Crippen LogP contribution in [0.15, 0.2) is 18.2 Å². The van der Waals surface area contributed by atoms with E-state index in [0.29, 0.717) is 16.6 Å². The first-order valence-corrected chi connectivity index (χ1v) is 5.58. The average molecular weight is 256 g/mol. The maximum Gasteiger partial charge on any atom is 0.120 e. The van der Waals surface area contributed by atoms with E-state index in [2.05, 4.69) is 9.97 Å². The molecule has 84 valence electrons. The van der Waals surface area contributed by atoms with Crippen LogP contribution < -0.4 is 5.73 Å². The first kappa shape index (κ1) is 11.5. The van der Waals surface area contributed by atoms with Crippen LogP contribution >= 0.6 is 23.2 Å². The largest absolute Gasteiger partial charge is 0.344 e. The van der Waals surface area contributed by atoms with Crippen molar-refractivity contribution in [1.82, 2.24) is 9.97 Å². The van der Waals surface area contributed by atoms with Gasteiger partial charge in [0.05, 0.1) is 22.3 Å². The number of hydrogen-bond donors (Lipinski definition) is 2. The molecule has 0 aliphatic heterocycles. The molecule has 1 heterocycles. The second-order valence-electron chi connectivity index (χ2n) is 3.49. The maximum atomic E-state index is 5.96. The van der Waals surface area contributed by atoms with Crippen LogP contribution in [0.4, 0.5) is 0 Å². The van der Waals surface area contributed by atoms with Gasteiger partial charge in [-0.15, -0.1) is 0 Å². The summed E-state index contributed by atoms with van der Waals surface area (Å²) in [5.41, 5.74) is 8.29. The van der Waals surface area contributed by atoms with Gasteiger partial charge in [-0.25, -0.2) is 4.98 Å². The Kier molecular flexibility index (Phi) is 3.19. The molecule has 1 aromatic heterocycles. The molecule has 0 aliphatic rings. The summed E-state index contributed by atoms with van der Waals surface area (Å²) in [6.07, 6.45) is 0. The van der Waals surface area contributed by atoms with Crippen molar-refractivity contribution in [1.29, 1.82) is 0 Å². The zero-order valence-electron chi connectivity index (χ0n) is 8.72. The van der Waals surface area contributed by atoms with Crippen LogP contribution in [0, 0.1) is 6.92 Å². The highest BCUT2D eigenvalue weighted by atomic mass is 35.5. The Hall–Kier alpha value is -1.03. The third kappa shape index (κ3) is 2.07. The molecular formula is C11H11Cl2N3. The molecule has 0 saturated heterocycles. The van der Waals surface area contributed by atoms with Crippen LogP contribution in [0.5, 0.6) is 0 Å². The van der Waals surface area contributed by atoms with E-state index >= 15 is 0 Å². The molecular weight excluding hydrogens is 245 g/mol. The third-order valence-electron chi connectivity index (χ3n) is 2.32. The zero-order valence-corrected chi connectivity index (χ0v) is 10.2. The Bertz CT molecular complexity index is 520. The summed E-state index contributed by atoms with van der Waals surface area (Å²) in [5.74, 6) is 0.763. The molecule has 1 aromatic carbocycles. The topological polar surface area (TPSA) is 54.7 Å². The van der Waals surface area contributed by atoms with Crippen molar-refractivity contribution in [2.75, 3.05) is 0 Å². The predicted octanol–water partition coefficient (Wildman–Crippen LogP) is 3.15. The van der Waals surface area contributed by atoms with Crippen LogP contribution in [-0.4, -0.2) is 9.97 Å². The van der Waals surface area contributed by atoms with Gasteiger partial charge in [0.25, 0.3) is 0 Å². The van der Waals surface area contributed by atoms with E-state index in [4.69, 9.17) is 28.9 Å². The van der Waals surface area contributed by atoms with Crippen molar-refractivity contribution in [2.45, 2.75) is 13.5 Å². The quantitative estimate of drug-likeness (QED) is 0.867. The first-order chi connectivity index (χ1) is 7.61. The fourth-order valence-corrected chi connectivity index (χ4v) is 1.84. The molecule has 16 heavy (non-hydrogen) atoms. The first-order valence-electron chi connectivity index (χ1n) is 4.83. The minimum atomic E-state index is 0.391. The number of hydrogen-bond acceptors (Lipinski definition) is 2. The van der Waals surface area contributed by atoms with Gasteiger partial charge < -0.3 is 10.7 Å². The number of imidazole rings is 1. The molecule has 3 nitrogen and oxygen atoms in total. The maximum absolute atomic E-state index is 5.96. The van der Waals surface area contributed by atoms with Crippen molar-refractivity contribution in [3.05, 3.63) is 39.8 Å². The minimum absolute atomic E-state index is 0.391. The molecule has 0 unspecified atom stereocenters. The van der Waals surface area contributed by atoms with Gasteiger partial charge in [0.2, 0.25) is 0 Å². The molecule has 0 atom stereocenters. The molecule has 0 amide bonds. The van der Waals surface area contributed by atoms with E-state index in [1.54, 1.807) is 12.1 Å². The van der Waals surface area contributed by atoms with Gasteiger partial charge in [-0.05, 0) is 19.1 Å². The second-order valence-corrected chi connectivity index (χ2v) is 4.30. The summed E-state index contributed by atoms with van der Waals surface area (Å²) in [6, 6.07) is 5.44. The van der Waals surface area contributed by atoms with Crippen LogP contribution in [0.2, 0.25) is 10.0 Å². The van der Waals surface area contributed by atoms with Crippen molar-refractivity contribution >= 4 is 23.2 Å². The second kappa shape index (κ2) is 4.45. The van der Waals surface area contributed by atoms with E-state index in [1.165, 1.54) is 0 Å². The van der Waals surface area contributed by atoms with Gasteiger partial charge in [-0.2, -0.15) is 0 Å². The number of rotatable bonds is 2. The van der Waals surface area contributed by atoms with Crippen LogP contribution in [-0.2, 0) is 6.54 Å².